The van der Waals surface area contributed by atoms with Crippen molar-refractivity contribution in [2.75, 3.05) is 13.1 Å². The van der Waals surface area contributed by atoms with E-state index in [0.29, 0.717) is 19.5 Å². The minimum absolute atomic E-state index is 0.121. The third-order valence-corrected chi connectivity index (χ3v) is 5.66. The first-order valence-corrected chi connectivity index (χ1v) is 10.5. The molecule has 3 aromatic rings. The third kappa shape index (κ3) is 4.70. The molecule has 2 aromatic heterocycles. The van der Waals surface area contributed by atoms with Gasteiger partial charge in [0.25, 0.3) is 0 Å². The molecule has 3 heterocycles. The first-order valence-electron chi connectivity index (χ1n) is 10.1. The van der Waals surface area contributed by atoms with Gasteiger partial charge in [-0.2, -0.15) is 0 Å². The predicted octanol–water partition coefficient (Wildman–Crippen LogP) is 4.08. The number of oxazole rings is 1. The fraction of sp³-hybridized carbons (Fsp3) is 0.409. The van der Waals surface area contributed by atoms with Gasteiger partial charge in [0, 0.05) is 43.3 Å². The number of imidazole rings is 1. The van der Waals surface area contributed by atoms with Crippen LogP contribution in [0.1, 0.15) is 48.7 Å². The highest BCUT2D eigenvalue weighted by molar-refractivity contribution is 6.30. The highest BCUT2D eigenvalue weighted by atomic mass is 35.5. The van der Waals surface area contributed by atoms with Crippen LogP contribution >= 0.6 is 11.6 Å². The van der Waals surface area contributed by atoms with Crippen LogP contribution in [-0.2, 0) is 24.2 Å². The van der Waals surface area contributed by atoms with E-state index in [2.05, 4.69) is 9.97 Å². The van der Waals surface area contributed by atoms with Crippen LogP contribution in [0.15, 0.2) is 47.3 Å². The second kappa shape index (κ2) is 8.82. The summed E-state index contributed by atoms with van der Waals surface area (Å²) in [6.07, 6.45) is 8.85. The largest absolute Gasteiger partial charge is 0.445 e. The summed E-state index contributed by atoms with van der Waals surface area (Å²) in [5.41, 5.74) is 1.13. The molecule has 0 aliphatic carbocycles. The number of halogens is 1. The normalized spacial score (nSPS) is 16.9. The summed E-state index contributed by atoms with van der Waals surface area (Å²) >= 11 is 5.95. The summed E-state index contributed by atoms with van der Waals surface area (Å²) in [5, 5.41) is 0.723. The second-order valence-electron chi connectivity index (χ2n) is 7.47. The number of aryl methyl sites for hydroxylation is 1. The number of nitrogens with zero attached hydrogens (tertiary/aromatic N) is 4. The Labute approximate surface area is 175 Å². The van der Waals surface area contributed by atoms with Gasteiger partial charge in [-0.1, -0.05) is 30.7 Å². The maximum Gasteiger partial charge on any atom is 0.242 e. The highest BCUT2D eigenvalue weighted by Gasteiger charge is 2.28. The zero-order valence-electron chi connectivity index (χ0n) is 16.6. The molecule has 1 fully saturated rings. The number of carbonyl (C=O) groups excluding carboxylic acids is 1. The van der Waals surface area contributed by atoms with Crippen LogP contribution in [0.25, 0.3) is 0 Å². The van der Waals surface area contributed by atoms with E-state index < -0.39 is 0 Å². The van der Waals surface area contributed by atoms with Gasteiger partial charge in [-0.05, 0) is 30.5 Å². The molecule has 0 spiro atoms. The van der Waals surface area contributed by atoms with Gasteiger partial charge in [-0.15, -0.1) is 0 Å². The molecule has 0 bridgehead atoms. The number of hydrogen-bond acceptors (Lipinski definition) is 4. The van der Waals surface area contributed by atoms with Crippen molar-refractivity contribution in [3.8, 4) is 0 Å². The molecule has 6 nitrogen and oxygen atoms in total. The van der Waals surface area contributed by atoms with Crippen LogP contribution in [0.4, 0.5) is 0 Å². The Bertz CT molecular complexity index is 963. The van der Waals surface area contributed by atoms with Gasteiger partial charge in [0.1, 0.15) is 18.1 Å². The van der Waals surface area contributed by atoms with E-state index in [1.54, 1.807) is 12.4 Å². The quantitative estimate of drug-likeness (QED) is 0.611. The lowest BCUT2D eigenvalue weighted by Crippen LogP contribution is -2.41. The van der Waals surface area contributed by atoms with Crippen molar-refractivity contribution >= 4 is 17.5 Å². The maximum atomic E-state index is 12.8. The van der Waals surface area contributed by atoms with Gasteiger partial charge in [0.15, 0.2) is 5.89 Å². The molecule has 1 amide bonds. The maximum absolute atomic E-state index is 12.8. The van der Waals surface area contributed by atoms with Crippen LogP contribution in [0.3, 0.4) is 0 Å². The topological polar surface area (TPSA) is 64.2 Å². The van der Waals surface area contributed by atoms with E-state index in [9.17, 15) is 4.79 Å². The average Bonchev–Trinajstić information content (AvgIpc) is 3.39. The first-order chi connectivity index (χ1) is 14.1. The molecule has 152 valence electrons. The minimum Gasteiger partial charge on any atom is -0.445 e. The van der Waals surface area contributed by atoms with Crippen molar-refractivity contribution in [1.29, 1.82) is 0 Å². The Morgan fingerprint density at radius 2 is 2.10 bits per heavy atom. The van der Waals surface area contributed by atoms with Crippen LogP contribution in [0.5, 0.6) is 0 Å². The van der Waals surface area contributed by atoms with E-state index in [1.165, 1.54) is 0 Å². The molecule has 1 aliphatic rings. The number of aromatic nitrogens is 3. The molecule has 1 aliphatic heterocycles. The molecule has 29 heavy (non-hydrogen) atoms. The molecule has 1 atom stereocenters. The van der Waals surface area contributed by atoms with Crippen LogP contribution < -0.4 is 0 Å². The van der Waals surface area contributed by atoms with Crippen LogP contribution in [-0.4, -0.2) is 38.4 Å². The van der Waals surface area contributed by atoms with Crippen LogP contribution in [0.2, 0.25) is 5.02 Å². The number of likely N-dealkylation sites (tertiary alicyclic amines) is 1. The standard InChI is InChI=1S/C22H25ClN4O2/c1-2-20-24-9-11-26(20)15-21(28)27-10-3-4-17(14-27)22-25-13-19(29-22)12-16-5-7-18(23)8-6-16/h5-9,11,13,17H,2-4,10,12,14-15H2,1H3. The Kier molecular flexibility index (Phi) is 6.00. The summed E-state index contributed by atoms with van der Waals surface area (Å²) in [7, 11) is 0. The number of carbonyl (C=O) groups is 1. The summed E-state index contributed by atoms with van der Waals surface area (Å²) in [4.78, 5) is 23.5. The van der Waals surface area contributed by atoms with Crippen molar-refractivity contribution < 1.29 is 9.21 Å². The SMILES string of the molecule is CCc1nccn1CC(=O)N1CCCC(c2ncc(Cc3ccc(Cl)cc3)o2)C1. The van der Waals surface area contributed by atoms with Crippen molar-refractivity contribution in [1.82, 2.24) is 19.4 Å². The van der Waals surface area contributed by atoms with E-state index in [4.69, 9.17) is 16.0 Å². The number of amides is 1. The summed E-state index contributed by atoms with van der Waals surface area (Å²) in [6.45, 7) is 3.81. The highest BCUT2D eigenvalue weighted by Crippen LogP contribution is 2.27. The van der Waals surface area contributed by atoms with Crippen LogP contribution in [0, 0.1) is 0 Å². The number of benzene rings is 1. The van der Waals surface area contributed by atoms with E-state index in [0.717, 1.165) is 53.9 Å². The van der Waals surface area contributed by atoms with Crippen molar-refractivity contribution in [2.24, 2.45) is 0 Å². The van der Waals surface area contributed by atoms with E-state index >= 15 is 0 Å². The summed E-state index contributed by atoms with van der Waals surface area (Å²) in [5.74, 6) is 2.75. The second-order valence-corrected chi connectivity index (χ2v) is 7.91. The van der Waals surface area contributed by atoms with Gasteiger partial charge < -0.3 is 13.9 Å². The number of piperidine rings is 1. The van der Waals surface area contributed by atoms with Gasteiger partial charge in [-0.25, -0.2) is 9.97 Å². The molecule has 4 rings (SSSR count). The lowest BCUT2D eigenvalue weighted by atomic mass is 9.98. The van der Waals surface area contributed by atoms with E-state index in [1.807, 2.05) is 46.9 Å². The van der Waals surface area contributed by atoms with Crippen molar-refractivity contribution in [3.05, 3.63) is 70.9 Å². The van der Waals surface area contributed by atoms with Crippen molar-refractivity contribution in [3.63, 3.8) is 0 Å². The van der Waals surface area contributed by atoms with Gasteiger partial charge in [0.2, 0.25) is 5.91 Å². The van der Waals surface area contributed by atoms with Gasteiger partial charge in [-0.3, -0.25) is 4.79 Å². The monoisotopic (exact) mass is 412 g/mol. The lowest BCUT2D eigenvalue weighted by Gasteiger charge is -2.31. The zero-order chi connectivity index (χ0) is 20.2. The number of hydrogen-bond donors (Lipinski definition) is 0. The molecule has 1 saturated heterocycles. The molecule has 1 aromatic carbocycles. The molecular weight excluding hydrogens is 388 g/mol. The molecule has 7 heteroatoms. The Balaban J connectivity index is 1.38. The smallest absolute Gasteiger partial charge is 0.242 e. The predicted molar refractivity (Wildman–Crippen MR) is 111 cm³/mol. The average molecular weight is 413 g/mol. The number of rotatable bonds is 6. The Hall–Kier alpha value is -2.60. The molecule has 0 radical (unpaired) electrons. The first kappa shape index (κ1) is 19.7. The Morgan fingerprint density at radius 3 is 2.90 bits per heavy atom. The summed E-state index contributed by atoms with van der Waals surface area (Å²) in [6, 6.07) is 7.74. The lowest BCUT2D eigenvalue weighted by molar-refractivity contribution is -0.133. The van der Waals surface area contributed by atoms with Crippen molar-refractivity contribution in [2.45, 2.75) is 45.1 Å². The molecule has 1 unspecified atom stereocenters. The minimum atomic E-state index is 0.121. The molecule has 0 N–H and O–H groups in total. The molecule has 0 saturated carbocycles. The van der Waals surface area contributed by atoms with E-state index in [-0.39, 0.29) is 11.8 Å². The van der Waals surface area contributed by atoms with Gasteiger partial charge in [0.05, 0.1) is 12.1 Å². The molecular formula is C22H25ClN4O2. The Morgan fingerprint density at radius 1 is 1.28 bits per heavy atom. The van der Waals surface area contributed by atoms with Gasteiger partial charge >= 0.3 is 0 Å². The zero-order valence-corrected chi connectivity index (χ0v) is 17.3. The third-order valence-electron chi connectivity index (χ3n) is 5.41. The fourth-order valence-corrected chi connectivity index (χ4v) is 3.97. The summed E-state index contributed by atoms with van der Waals surface area (Å²) < 4.78 is 7.96. The fourth-order valence-electron chi connectivity index (χ4n) is 3.85.